The molecule has 1 spiro atoms. The van der Waals surface area contributed by atoms with Crippen molar-refractivity contribution in [1.82, 2.24) is 10.2 Å². The molecule has 0 atom stereocenters. The SMILES string of the molecule is CCC(=O)CN1C(=O)NC2(CCC(C)CC2)C1=O. The Morgan fingerprint density at radius 3 is 2.56 bits per heavy atom. The van der Waals surface area contributed by atoms with Gasteiger partial charge in [0.1, 0.15) is 5.54 Å². The van der Waals surface area contributed by atoms with Crippen LogP contribution < -0.4 is 5.32 Å². The van der Waals surface area contributed by atoms with Crippen LogP contribution in [0, 0.1) is 5.92 Å². The summed E-state index contributed by atoms with van der Waals surface area (Å²) in [6.07, 6.45) is 3.62. The maximum Gasteiger partial charge on any atom is 0.325 e. The molecule has 1 aliphatic heterocycles. The summed E-state index contributed by atoms with van der Waals surface area (Å²) in [5, 5.41) is 2.80. The third kappa shape index (κ3) is 2.13. The van der Waals surface area contributed by atoms with Crippen molar-refractivity contribution in [2.75, 3.05) is 6.54 Å². The summed E-state index contributed by atoms with van der Waals surface area (Å²) in [5.74, 6) is 0.313. The monoisotopic (exact) mass is 252 g/mol. The van der Waals surface area contributed by atoms with Gasteiger partial charge in [0.15, 0.2) is 5.78 Å². The van der Waals surface area contributed by atoms with E-state index in [9.17, 15) is 14.4 Å². The molecule has 1 heterocycles. The Hall–Kier alpha value is -1.39. The zero-order valence-electron chi connectivity index (χ0n) is 11.0. The molecule has 100 valence electrons. The number of hydrogen-bond acceptors (Lipinski definition) is 3. The maximum atomic E-state index is 12.3. The van der Waals surface area contributed by atoms with E-state index in [-0.39, 0.29) is 18.2 Å². The lowest BCUT2D eigenvalue weighted by molar-refractivity contribution is -0.135. The van der Waals surface area contributed by atoms with Crippen molar-refractivity contribution in [2.24, 2.45) is 5.92 Å². The predicted molar refractivity (Wildman–Crippen MR) is 65.9 cm³/mol. The number of nitrogens with one attached hydrogen (secondary N) is 1. The number of ketones is 1. The highest BCUT2D eigenvalue weighted by atomic mass is 16.2. The van der Waals surface area contributed by atoms with Gasteiger partial charge >= 0.3 is 6.03 Å². The highest BCUT2D eigenvalue weighted by molar-refractivity contribution is 6.09. The first-order valence-electron chi connectivity index (χ1n) is 6.64. The van der Waals surface area contributed by atoms with E-state index in [4.69, 9.17) is 0 Å². The van der Waals surface area contributed by atoms with E-state index in [0.717, 1.165) is 17.7 Å². The number of nitrogens with zero attached hydrogens (tertiary/aromatic N) is 1. The fourth-order valence-electron chi connectivity index (χ4n) is 2.70. The van der Waals surface area contributed by atoms with E-state index in [1.165, 1.54) is 0 Å². The van der Waals surface area contributed by atoms with Crippen LogP contribution in [0.5, 0.6) is 0 Å². The van der Waals surface area contributed by atoms with Crippen molar-refractivity contribution in [3.8, 4) is 0 Å². The maximum absolute atomic E-state index is 12.3. The second kappa shape index (κ2) is 4.71. The van der Waals surface area contributed by atoms with E-state index in [0.29, 0.717) is 25.2 Å². The molecule has 0 unspecified atom stereocenters. The minimum Gasteiger partial charge on any atom is -0.323 e. The van der Waals surface area contributed by atoms with Crippen molar-refractivity contribution < 1.29 is 14.4 Å². The normalized spacial score (nSPS) is 31.9. The molecule has 1 saturated heterocycles. The summed E-state index contributed by atoms with van der Waals surface area (Å²) in [6.45, 7) is 3.81. The molecule has 2 aliphatic rings. The number of amides is 3. The molecular formula is C13H20N2O3. The number of Topliss-reactive ketones (excluding diaryl/α,β-unsaturated/α-hetero) is 1. The molecule has 5 heteroatoms. The summed E-state index contributed by atoms with van der Waals surface area (Å²) in [7, 11) is 0. The van der Waals surface area contributed by atoms with E-state index < -0.39 is 11.6 Å². The van der Waals surface area contributed by atoms with Crippen LogP contribution in [0.2, 0.25) is 0 Å². The van der Waals surface area contributed by atoms with Crippen LogP contribution in [-0.4, -0.2) is 34.7 Å². The number of carbonyl (C=O) groups is 3. The summed E-state index contributed by atoms with van der Waals surface area (Å²) in [4.78, 5) is 36.7. The molecule has 3 amide bonds. The molecule has 2 fully saturated rings. The molecule has 0 aromatic rings. The third-order valence-electron chi connectivity index (χ3n) is 4.10. The average Bonchev–Trinajstić information content (AvgIpc) is 2.58. The Labute approximate surface area is 107 Å². The van der Waals surface area contributed by atoms with Crippen molar-refractivity contribution >= 4 is 17.7 Å². The van der Waals surface area contributed by atoms with Gasteiger partial charge in [0.05, 0.1) is 6.54 Å². The second-order valence-electron chi connectivity index (χ2n) is 5.48. The molecule has 0 aromatic carbocycles. The summed E-state index contributed by atoms with van der Waals surface area (Å²) < 4.78 is 0. The van der Waals surface area contributed by atoms with Gasteiger partial charge in [-0.1, -0.05) is 13.8 Å². The Morgan fingerprint density at radius 2 is 2.00 bits per heavy atom. The first-order chi connectivity index (χ1) is 8.48. The fourth-order valence-corrected chi connectivity index (χ4v) is 2.70. The molecule has 0 aromatic heterocycles. The van der Waals surface area contributed by atoms with Crippen molar-refractivity contribution in [3.05, 3.63) is 0 Å². The molecule has 18 heavy (non-hydrogen) atoms. The Balaban J connectivity index is 2.11. The highest BCUT2D eigenvalue weighted by Gasteiger charge is 2.52. The van der Waals surface area contributed by atoms with Crippen LogP contribution in [0.4, 0.5) is 4.79 Å². The highest BCUT2D eigenvalue weighted by Crippen LogP contribution is 2.36. The van der Waals surface area contributed by atoms with Crippen LogP contribution in [0.1, 0.15) is 46.0 Å². The van der Waals surface area contributed by atoms with Gasteiger partial charge in [-0.2, -0.15) is 0 Å². The van der Waals surface area contributed by atoms with Gasteiger partial charge in [-0.15, -0.1) is 0 Å². The van der Waals surface area contributed by atoms with Crippen LogP contribution in [-0.2, 0) is 9.59 Å². The lowest BCUT2D eigenvalue weighted by atomic mass is 9.77. The van der Waals surface area contributed by atoms with Crippen LogP contribution in [0.3, 0.4) is 0 Å². The Kier molecular flexibility index (Phi) is 3.41. The molecule has 1 saturated carbocycles. The van der Waals surface area contributed by atoms with Crippen molar-refractivity contribution in [2.45, 2.75) is 51.5 Å². The fraction of sp³-hybridized carbons (Fsp3) is 0.769. The van der Waals surface area contributed by atoms with E-state index >= 15 is 0 Å². The number of carbonyl (C=O) groups excluding carboxylic acids is 3. The number of imide groups is 1. The van der Waals surface area contributed by atoms with Gasteiger partial charge in [-0.05, 0) is 31.6 Å². The minimum atomic E-state index is -0.725. The molecule has 1 N–H and O–H groups in total. The predicted octanol–water partition coefficient (Wildman–Crippen LogP) is 1.47. The lowest BCUT2D eigenvalue weighted by Crippen LogP contribution is -2.49. The largest absolute Gasteiger partial charge is 0.325 e. The van der Waals surface area contributed by atoms with Gasteiger partial charge in [0, 0.05) is 6.42 Å². The average molecular weight is 252 g/mol. The van der Waals surface area contributed by atoms with Crippen LogP contribution in [0.25, 0.3) is 0 Å². The summed E-state index contributed by atoms with van der Waals surface area (Å²) in [5.41, 5.74) is -0.725. The number of urea groups is 1. The van der Waals surface area contributed by atoms with Gasteiger partial charge in [-0.3, -0.25) is 14.5 Å². The smallest absolute Gasteiger partial charge is 0.323 e. The zero-order chi connectivity index (χ0) is 13.3. The topological polar surface area (TPSA) is 66.5 Å². The number of rotatable bonds is 3. The minimum absolute atomic E-state index is 0.0836. The van der Waals surface area contributed by atoms with Gasteiger partial charge in [0.25, 0.3) is 5.91 Å². The number of hydrogen-bond donors (Lipinski definition) is 1. The van der Waals surface area contributed by atoms with Gasteiger partial charge in [-0.25, -0.2) is 4.79 Å². The standard InChI is InChI=1S/C13H20N2O3/c1-3-10(16)8-15-11(17)13(14-12(15)18)6-4-9(2)5-7-13/h9H,3-8H2,1-2H3,(H,14,18). The van der Waals surface area contributed by atoms with Gasteiger partial charge in [0.2, 0.25) is 0 Å². The van der Waals surface area contributed by atoms with E-state index in [1.807, 2.05) is 0 Å². The zero-order valence-corrected chi connectivity index (χ0v) is 11.0. The Morgan fingerprint density at radius 1 is 1.39 bits per heavy atom. The van der Waals surface area contributed by atoms with Crippen LogP contribution in [0.15, 0.2) is 0 Å². The van der Waals surface area contributed by atoms with Crippen LogP contribution >= 0.6 is 0 Å². The third-order valence-corrected chi connectivity index (χ3v) is 4.10. The summed E-state index contributed by atoms with van der Waals surface area (Å²) >= 11 is 0. The first-order valence-corrected chi connectivity index (χ1v) is 6.64. The van der Waals surface area contributed by atoms with E-state index in [1.54, 1.807) is 6.92 Å². The molecule has 2 rings (SSSR count). The molecule has 1 aliphatic carbocycles. The first kappa shape index (κ1) is 13.1. The summed E-state index contributed by atoms with van der Waals surface area (Å²) in [6, 6.07) is -0.406. The quantitative estimate of drug-likeness (QED) is 0.773. The lowest BCUT2D eigenvalue weighted by Gasteiger charge is -2.33. The molecule has 5 nitrogen and oxygen atoms in total. The van der Waals surface area contributed by atoms with Crippen molar-refractivity contribution in [1.29, 1.82) is 0 Å². The second-order valence-corrected chi connectivity index (χ2v) is 5.48. The van der Waals surface area contributed by atoms with Crippen molar-refractivity contribution in [3.63, 3.8) is 0 Å². The molecular weight excluding hydrogens is 232 g/mol. The molecule has 0 bridgehead atoms. The van der Waals surface area contributed by atoms with Gasteiger partial charge < -0.3 is 5.32 Å². The van der Waals surface area contributed by atoms with E-state index in [2.05, 4.69) is 12.2 Å². The Bertz CT molecular complexity index is 384. The molecule has 0 radical (unpaired) electrons.